The molecule has 0 aliphatic rings. The minimum Gasteiger partial charge on any atom is -0.349 e. The molecule has 0 atom stereocenters. The molecular weight excluding hydrogens is 478 g/mol. The third-order valence-electron chi connectivity index (χ3n) is 5.86. The Balaban J connectivity index is 2.02. The zero-order valence-corrected chi connectivity index (χ0v) is 21.9. The Morgan fingerprint density at radius 1 is 0.972 bits per heavy atom. The third-order valence-corrected chi connectivity index (χ3v) is 7.58. The Kier molecular flexibility index (Phi) is 9.03. The summed E-state index contributed by atoms with van der Waals surface area (Å²) in [6.45, 7) is 6.89. The average molecular weight is 512 g/mol. The Morgan fingerprint density at radius 2 is 1.61 bits per heavy atom. The van der Waals surface area contributed by atoms with Crippen molar-refractivity contribution in [3.63, 3.8) is 0 Å². The predicted octanol–water partition coefficient (Wildman–Crippen LogP) is 2.52. The monoisotopic (exact) mass is 511 g/mol. The van der Waals surface area contributed by atoms with E-state index in [1.165, 1.54) is 30.3 Å². The number of para-hydroxylation sites is 1. The van der Waals surface area contributed by atoms with E-state index in [0.717, 1.165) is 17.4 Å². The standard InChI is InChI=1S/C26H33N5O4S/c1-5-30(6-2)17-16-27-26(33)23(28-25(32)20-12-8-7-9-13-20)18-21-19-31(36(34,35)29(3)4)24-15-11-10-14-22(21)24/h7-15,18-19H,5-6,16-17H2,1-4H3,(H,27,33)(H,28,32)/b23-18-. The van der Waals surface area contributed by atoms with Gasteiger partial charge in [0, 0.05) is 49.9 Å². The summed E-state index contributed by atoms with van der Waals surface area (Å²) < 4.78 is 28.1. The number of fused-ring (bicyclic) bond motifs is 1. The maximum atomic E-state index is 13.2. The first kappa shape index (κ1) is 27.1. The van der Waals surface area contributed by atoms with Crippen molar-refractivity contribution in [2.24, 2.45) is 0 Å². The molecule has 10 heteroatoms. The highest BCUT2D eigenvalue weighted by atomic mass is 32.2. The summed E-state index contributed by atoms with van der Waals surface area (Å²) >= 11 is 0. The second-order valence-corrected chi connectivity index (χ2v) is 10.4. The van der Waals surface area contributed by atoms with Gasteiger partial charge in [-0.05, 0) is 37.4 Å². The number of nitrogens with one attached hydrogen (secondary N) is 2. The molecule has 2 amide bonds. The first-order valence-corrected chi connectivity index (χ1v) is 13.2. The highest BCUT2D eigenvalue weighted by molar-refractivity contribution is 7.87. The van der Waals surface area contributed by atoms with Crippen LogP contribution in [0.2, 0.25) is 0 Å². The van der Waals surface area contributed by atoms with Gasteiger partial charge in [-0.25, -0.2) is 3.97 Å². The molecule has 3 rings (SSSR count). The first-order chi connectivity index (χ1) is 17.2. The maximum Gasteiger partial charge on any atom is 0.307 e. The normalized spacial score (nSPS) is 12.3. The molecule has 1 heterocycles. The lowest BCUT2D eigenvalue weighted by atomic mass is 10.1. The molecule has 0 spiro atoms. The summed E-state index contributed by atoms with van der Waals surface area (Å²) in [6, 6.07) is 15.6. The minimum absolute atomic E-state index is 0.0218. The van der Waals surface area contributed by atoms with Gasteiger partial charge in [0.05, 0.1) is 5.52 Å². The molecule has 192 valence electrons. The van der Waals surface area contributed by atoms with Gasteiger partial charge in [-0.2, -0.15) is 12.7 Å². The van der Waals surface area contributed by atoms with Crippen LogP contribution in [0, 0.1) is 0 Å². The molecule has 36 heavy (non-hydrogen) atoms. The fourth-order valence-corrected chi connectivity index (χ4v) is 4.72. The van der Waals surface area contributed by atoms with Crippen LogP contribution >= 0.6 is 0 Å². The van der Waals surface area contributed by atoms with Crippen LogP contribution < -0.4 is 10.6 Å². The fraction of sp³-hybridized carbons (Fsp3) is 0.308. The average Bonchev–Trinajstić information content (AvgIpc) is 3.25. The number of hydrogen-bond donors (Lipinski definition) is 2. The molecule has 2 N–H and O–H groups in total. The SMILES string of the molecule is CCN(CC)CCNC(=O)/C(=C/c1cn(S(=O)(=O)N(C)C)c2ccccc12)NC(=O)c1ccccc1. The topological polar surface area (TPSA) is 104 Å². The molecule has 2 aromatic carbocycles. The molecule has 0 aliphatic carbocycles. The van der Waals surface area contributed by atoms with Crippen molar-refractivity contribution in [3.8, 4) is 0 Å². The van der Waals surface area contributed by atoms with Gasteiger partial charge in [-0.1, -0.05) is 50.2 Å². The number of amides is 2. The lowest BCUT2D eigenvalue weighted by Gasteiger charge is -2.18. The molecule has 0 radical (unpaired) electrons. The lowest BCUT2D eigenvalue weighted by Crippen LogP contribution is -2.39. The molecule has 0 fully saturated rings. The Morgan fingerprint density at radius 3 is 2.25 bits per heavy atom. The number of carbonyl (C=O) groups excluding carboxylic acids is 2. The smallest absolute Gasteiger partial charge is 0.307 e. The van der Waals surface area contributed by atoms with Crippen molar-refractivity contribution in [2.45, 2.75) is 13.8 Å². The fourth-order valence-electron chi connectivity index (χ4n) is 3.72. The number of carbonyl (C=O) groups is 2. The van der Waals surface area contributed by atoms with Gasteiger partial charge in [0.1, 0.15) is 5.70 Å². The number of likely N-dealkylation sites (N-methyl/N-ethyl adjacent to an activating group) is 1. The summed E-state index contributed by atoms with van der Waals surface area (Å²) in [5.41, 5.74) is 1.37. The largest absolute Gasteiger partial charge is 0.349 e. The van der Waals surface area contributed by atoms with Crippen LogP contribution in [0.15, 0.2) is 66.5 Å². The van der Waals surface area contributed by atoms with Crippen LogP contribution in [0.4, 0.5) is 0 Å². The third kappa shape index (κ3) is 6.20. The molecule has 0 aliphatic heterocycles. The zero-order chi connectivity index (χ0) is 26.3. The number of hydrogen-bond acceptors (Lipinski definition) is 5. The lowest BCUT2D eigenvalue weighted by molar-refractivity contribution is -0.117. The van der Waals surface area contributed by atoms with E-state index < -0.39 is 22.0 Å². The van der Waals surface area contributed by atoms with Gasteiger partial charge in [0.15, 0.2) is 0 Å². The number of nitrogens with zero attached hydrogens (tertiary/aromatic N) is 3. The number of rotatable bonds is 11. The van der Waals surface area contributed by atoms with Gasteiger partial charge in [-0.15, -0.1) is 0 Å². The first-order valence-electron chi connectivity index (χ1n) is 11.8. The van der Waals surface area contributed by atoms with Crippen molar-refractivity contribution in [3.05, 3.63) is 77.6 Å². The van der Waals surface area contributed by atoms with Crippen molar-refractivity contribution in [1.29, 1.82) is 0 Å². The summed E-state index contributed by atoms with van der Waals surface area (Å²) in [5, 5.41) is 6.21. The van der Waals surface area contributed by atoms with Gasteiger partial charge >= 0.3 is 10.2 Å². The number of benzene rings is 2. The highest BCUT2D eigenvalue weighted by Crippen LogP contribution is 2.25. The molecule has 0 saturated carbocycles. The molecule has 9 nitrogen and oxygen atoms in total. The molecule has 0 bridgehead atoms. The molecular formula is C26H33N5O4S. The van der Waals surface area contributed by atoms with Crippen LogP contribution in [-0.4, -0.2) is 73.7 Å². The van der Waals surface area contributed by atoms with Gasteiger partial charge in [0.2, 0.25) is 0 Å². The van der Waals surface area contributed by atoms with E-state index in [4.69, 9.17) is 0 Å². The van der Waals surface area contributed by atoms with Gasteiger partial charge < -0.3 is 15.5 Å². The Labute approximate surface area is 212 Å². The van der Waals surface area contributed by atoms with E-state index in [-0.39, 0.29) is 5.70 Å². The minimum atomic E-state index is -3.81. The molecule has 0 unspecified atom stereocenters. The van der Waals surface area contributed by atoms with E-state index in [0.29, 0.717) is 35.1 Å². The van der Waals surface area contributed by atoms with Crippen molar-refractivity contribution < 1.29 is 18.0 Å². The van der Waals surface area contributed by atoms with Crippen molar-refractivity contribution >= 4 is 39.0 Å². The number of aromatic nitrogens is 1. The van der Waals surface area contributed by atoms with Crippen LogP contribution in [0.1, 0.15) is 29.8 Å². The van der Waals surface area contributed by atoms with E-state index in [1.54, 1.807) is 54.6 Å². The Bertz CT molecular complexity index is 1340. The quantitative estimate of drug-likeness (QED) is 0.385. The summed E-state index contributed by atoms with van der Waals surface area (Å²) in [7, 11) is -0.901. The zero-order valence-electron chi connectivity index (χ0n) is 21.1. The summed E-state index contributed by atoms with van der Waals surface area (Å²) in [6.07, 6.45) is 2.97. The van der Waals surface area contributed by atoms with E-state index in [9.17, 15) is 18.0 Å². The van der Waals surface area contributed by atoms with Crippen molar-refractivity contribution in [1.82, 2.24) is 23.8 Å². The molecule has 1 aromatic heterocycles. The molecule has 0 saturated heterocycles. The van der Waals surface area contributed by atoms with E-state index in [1.807, 2.05) is 13.8 Å². The summed E-state index contributed by atoms with van der Waals surface area (Å²) in [5.74, 6) is -0.899. The second kappa shape index (κ2) is 12.0. The molecule has 3 aromatic rings. The van der Waals surface area contributed by atoms with Crippen LogP contribution in [-0.2, 0) is 15.0 Å². The van der Waals surface area contributed by atoms with Crippen molar-refractivity contribution in [2.75, 3.05) is 40.3 Å². The van der Waals surface area contributed by atoms with Crippen LogP contribution in [0.5, 0.6) is 0 Å². The maximum absolute atomic E-state index is 13.2. The predicted molar refractivity (Wildman–Crippen MR) is 143 cm³/mol. The van der Waals surface area contributed by atoms with E-state index in [2.05, 4.69) is 15.5 Å². The highest BCUT2D eigenvalue weighted by Gasteiger charge is 2.22. The van der Waals surface area contributed by atoms with Crippen LogP contribution in [0.25, 0.3) is 17.0 Å². The van der Waals surface area contributed by atoms with Gasteiger partial charge in [-0.3, -0.25) is 9.59 Å². The second-order valence-electron chi connectivity index (χ2n) is 8.35. The van der Waals surface area contributed by atoms with Gasteiger partial charge in [0.25, 0.3) is 11.8 Å². The van der Waals surface area contributed by atoms with E-state index >= 15 is 0 Å². The van der Waals surface area contributed by atoms with Crippen LogP contribution in [0.3, 0.4) is 0 Å². The Hall–Kier alpha value is -3.47. The summed E-state index contributed by atoms with van der Waals surface area (Å²) in [4.78, 5) is 28.2.